The topological polar surface area (TPSA) is 62.1 Å². The number of hydrogen-bond donors (Lipinski definition) is 1. The van der Waals surface area contributed by atoms with E-state index in [1.54, 1.807) is 0 Å². The molecule has 5 heteroatoms. The smallest absolute Gasteiger partial charge is 0.354 e. The molecule has 0 amide bonds. The molecule has 2 aliphatic heterocycles. The Kier molecular flexibility index (Phi) is 2.76. The number of fused-ring (bicyclic) bond motifs is 1. The summed E-state index contributed by atoms with van der Waals surface area (Å²) in [6.45, 7) is 2.26. The zero-order valence-corrected chi connectivity index (χ0v) is 9.82. The molecule has 1 saturated heterocycles. The quantitative estimate of drug-likeness (QED) is 0.862. The Balaban J connectivity index is 1.66. The van der Waals surface area contributed by atoms with Gasteiger partial charge < -0.3 is 9.94 Å². The summed E-state index contributed by atoms with van der Waals surface area (Å²) < 4.78 is 0. The summed E-state index contributed by atoms with van der Waals surface area (Å²) in [5, 5.41) is 12.7. The van der Waals surface area contributed by atoms with E-state index in [0.29, 0.717) is 6.54 Å². The Morgan fingerprint density at radius 1 is 1.39 bits per heavy atom. The molecular weight excluding hydrogens is 232 g/mol. The third-order valence-corrected chi connectivity index (χ3v) is 3.45. The van der Waals surface area contributed by atoms with Crippen molar-refractivity contribution in [1.29, 1.82) is 0 Å². The lowest BCUT2D eigenvalue weighted by molar-refractivity contribution is -0.129. The van der Waals surface area contributed by atoms with Crippen molar-refractivity contribution in [2.45, 2.75) is 12.6 Å². The standard InChI is InChI=1S/C13H14N2O3/c16-13(17)12-10-7-15(8-11(10)18-14-12)6-9-4-2-1-3-5-9/h1-5,10-11H,6-8H2,(H,16,17). The molecule has 0 aromatic heterocycles. The first-order chi connectivity index (χ1) is 8.74. The lowest BCUT2D eigenvalue weighted by Crippen LogP contribution is -2.27. The fourth-order valence-corrected chi connectivity index (χ4v) is 2.58. The van der Waals surface area contributed by atoms with E-state index >= 15 is 0 Å². The van der Waals surface area contributed by atoms with Gasteiger partial charge in [-0.2, -0.15) is 0 Å². The van der Waals surface area contributed by atoms with E-state index in [1.165, 1.54) is 5.56 Å². The summed E-state index contributed by atoms with van der Waals surface area (Å²) >= 11 is 0. The van der Waals surface area contributed by atoms with Gasteiger partial charge in [-0.1, -0.05) is 35.5 Å². The van der Waals surface area contributed by atoms with Crippen LogP contribution >= 0.6 is 0 Å². The highest BCUT2D eigenvalue weighted by atomic mass is 16.6. The minimum absolute atomic E-state index is 0.0915. The molecule has 2 atom stereocenters. The van der Waals surface area contributed by atoms with Crippen LogP contribution < -0.4 is 0 Å². The molecule has 0 radical (unpaired) electrons. The number of oxime groups is 1. The second-order valence-corrected chi connectivity index (χ2v) is 4.71. The maximum Gasteiger partial charge on any atom is 0.354 e. The average Bonchev–Trinajstić information content (AvgIpc) is 2.89. The minimum atomic E-state index is -0.968. The van der Waals surface area contributed by atoms with Crippen LogP contribution in [0.5, 0.6) is 0 Å². The summed E-state index contributed by atoms with van der Waals surface area (Å²) in [7, 11) is 0. The van der Waals surface area contributed by atoms with Crippen molar-refractivity contribution in [3.63, 3.8) is 0 Å². The fourth-order valence-electron chi connectivity index (χ4n) is 2.58. The van der Waals surface area contributed by atoms with Crippen LogP contribution in [0.15, 0.2) is 35.5 Å². The first-order valence-electron chi connectivity index (χ1n) is 5.97. The maximum atomic E-state index is 11.0. The highest BCUT2D eigenvalue weighted by Gasteiger charge is 2.44. The average molecular weight is 246 g/mol. The highest BCUT2D eigenvalue weighted by molar-refractivity contribution is 6.36. The molecule has 2 heterocycles. The molecule has 1 N–H and O–H groups in total. The predicted octanol–water partition coefficient (Wildman–Crippen LogP) is 0.958. The Labute approximate surface area is 105 Å². The number of nitrogens with zero attached hydrogens (tertiary/aromatic N) is 2. The summed E-state index contributed by atoms with van der Waals surface area (Å²) in [5.74, 6) is -1.06. The molecule has 2 aliphatic rings. The predicted molar refractivity (Wildman–Crippen MR) is 65.2 cm³/mol. The highest BCUT2D eigenvalue weighted by Crippen LogP contribution is 2.28. The summed E-state index contributed by atoms with van der Waals surface area (Å²) in [6, 6.07) is 10.1. The molecule has 0 aliphatic carbocycles. The van der Waals surface area contributed by atoms with Gasteiger partial charge in [-0.05, 0) is 5.56 Å². The third kappa shape index (κ3) is 1.97. The largest absolute Gasteiger partial charge is 0.477 e. The molecule has 0 saturated carbocycles. The molecule has 18 heavy (non-hydrogen) atoms. The Bertz CT molecular complexity index is 486. The van der Waals surface area contributed by atoms with Crippen LogP contribution in [-0.4, -0.2) is 40.9 Å². The van der Waals surface area contributed by atoms with E-state index in [9.17, 15) is 4.79 Å². The number of aliphatic carboxylic acids is 1. The van der Waals surface area contributed by atoms with Crippen LogP contribution in [-0.2, 0) is 16.2 Å². The van der Waals surface area contributed by atoms with E-state index in [1.807, 2.05) is 18.2 Å². The molecule has 1 fully saturated rings. The monoisotopic (exact) mass is 246 g/mol. The van der Waals surface area contributed by atoms with Crippen molar-refractivity contribution in [1.82, 2.24) is 4.90 Å². The molecule has 94 valence electrons. The number of likely N-dealkylation sites (tertiary alicyclic amines) is 1. The summed E-state index contributed by atoms with van der Waals surface area (Å²) in [4.78, 5) is 18.4. The number of rotatable bonds is 3. The number of hydrogen-bond acceptors (Lipinski definition) is 4. The summed E-state index contributed by atoms with van der Waals surface area (Å²) in [6.07, 6.45) is -0.0974. The molecule has 2 unspecified atom stereocenters. The number of carboxylic acids is 1. The van der Waals surface area contributed by atoms with Crippen LogP contribution in [0, 0.1) is 5.92 Å². The molecule has 0 spiro atoms. The normalized spacial score (nSPS) is 26.6. The maximum absolute atomic E-state index is 11.0. The molecular formula is C13H14N2O3. The lowest BCUT2D eigenvalue weighted by Gasteiger charge is -2.15. The second kappa shape index (κ2) is 4.42. The first-order valence-corrected chi connectivity index (χ1v) is 5.97. The fraction of sp³-hybridized carbons (Fsp3) is 0.385. The van der Waals surface area contributed by atoms with Crippen molar-refractivity contribution >= 4 is 11.7 Å². The Morgan fingerprint density at radius 2 is 2.17 bits per heavy atom. The summed E-state index contributed by atoms with van der Waals surface area (Å²) in [5.41, 5.74) is 1.39. The van der Waals surface area contributed by atoms with E-state index < -0.39 is 5.97 Å². The van der Waals surface area contributed by atoms with E-state index in [4.69, 9.17) is 9.94 Å². The van der Waals surface area contributed by atoms with Crippen molar-refractivity contribution < 1.29 is 14.7 Å². The number of carbonyl (C=O) groups is 1. The van der Waals surface area contributed by atoms with Gasteiger partial charge in [0.25, 0.3) is 0 Å². The van der Waals surface area contributed by atoms with Gasteiger partial charge in [0, 0.05) is 19.6 Å². The van der Waals surface area contributed by atoms with Gasteiger partial charge in [-0.3, -0.25) is 4.90 Å². The zero-order chi connectivity index (χ0) is 12.5. The van der Waals surface area contributed by atoms with E-state index in [0.717, 1.165) is 13.1 Å². The number of benzene rings is 1. The SMILES string of the molecule is O=C(O)C1=NOC2CN(Cc3ccccc3)CC12. The van der Waals surface area contributed by atoms with Gasteiger partial charge in [0.05, 0.1) is 5.92 Å². The van der Waals surface area contributed by atoms with E-state index in [-0.39, 0.29) is 17.7 Å². The van der Waals surface area contributed by atoms with Crippen molar-refractivity contribution in [3.8, 4) is 0 Å². The van der Waals surface area contributed by atoms with Gasteiger partial charge in [0.15, 0.2) is 5.71 Å². The number of carboxylic acid groups (broad SMARTS) is 1. The van der Waals surface area contributed by atoms with Gasteiger partial charge in [0.1, 0.15) is 6.10 Å². The second-order valence-electron chi connectivity index (χ2n) is 4.71. The molecule has 1 aromatic rings. The zero-order valence-electron chi connectivity index (χ0n) is 9.82. The van der Waals surface area contributed by atoms with Crippen molar-refractivity contribution in [3.05, 3.63) is 35.9 Å². The van der Waals surface area contributed by atoms with Crippen LogP contribution in [0.1, 0.15) is 5.56 Å². The molecule has 0 bridgehead atoms. The molecule has 3 rings (SSSR count). The van der Waals surface area contributed by atoms with E-state index in [2.05, 4.69) is 22.2 Å². The molecule has 5 nitrogen and oxygen atoms in total. The van der Waals surface area contributed by atoms with Crippen LogP contribution in [0.25, 0.3) is 0 Å². The van der Waals surface area contributed by atoms with Gasteiger partial charge >= 0.3 is 5.97 Å². The van der Waals surface area contributed by atoms with Crippen molar-refractivity contribution in [2.75, 3.05) is 13.1 Å². The van der Waals surface area contributed by atoms with Gasteiger partial charge in [-0.25, -0.2) is 4.79 Å². The minimum Gasteiger partial charge on any atom is -0.477 e. The van der Waals surface area contributed by atoms with Crippen LogP contribution in [0.3, 0.4) is 0 Å². The Hall–Kier alpha value is -1.88. The van der Waals surface area contributed by atoms with Crippen LogP contribution in [0.4, 0.5) is 0 Å². The molecule has 1 aromatic carbocycles. The van der Waals surface area contributed by atoms with Gasteiger partial charge in [-0.15, -0.1) is 0 Å². The van der Waals surface area contributed by atoms with Crippen molar-refractivity contribution in [2.24, 2.45) is 11.1 Å². The van der Waals surface area contributed by atoms with Gasteiger partial charge in [0.2, 0.25) is 0 Å². The van der Waals surface area contributed by atoms with Crippen LogP contribution in [0.2, 0.25) is 0 Å². The first kappa shape index (κ1) is 11.2. The lowest BCUT2D eigenvalue weighted by atomic mass is 10.0. The Morgan fingerprint density at radius 3 is 2.89 bits per heavy atom. The third-order valence-electron chi connectivity index (χ3n) is 3.45.